The first-order valence-corrected chi connectivity index (χ1v) is 13.4. The average molecular weight is 504 g/mol. The minimum Gasteiger partial charge on any atom is -0.356 e. The average Bonchev–Trinajstić information content (AvgIpc) is 3.22. The van der Waals surface area contributed by atoms with Gasteiger partial charge in [0.05, 0.1) is 12.5 Å². The lowest BCUT2D eigenvalue weighted by Crippen LogP contribution is -2.66. The number of amides is 4. The number of urea groups is 1. The number of carbonyl (C=O) groups is 3. The van der Waals surface area contributed by atoms with Gasteiger partial charge in [0.15, 0.2) is 6.29 Å². The van der Waals surface area contributed by atoms with Gasteiger partial charge in [0.25, 0.3) is 0 Å². The Morgan fingerprint density at radius 3 is 2.41 bits per heavy atom. The fourth-order valence-corrected chi connectivity index (χ4v) is 5.74. The Hall–Kier alpha value is -3.39. The molecule has 4 unspecified atom stereocenters. The molecule has 2 saturated heterocycles. The van der Waals surface area contributed by atoms with Crippen LogP contribution in [0.3, 0.4) is 0 Å². The number of rotatable bonds is 7. The lowest BCUT2D eigenvalue weighted by molar-refractivity contribution is -0.159. The summed E-state index contributed by atoms with van der Waals surface area (Å²) in [5.41, 5.74) is 6.53. The number of hydrogen-bond donors (Lipinski definition) is 2. The lowest BCUT2D eigenvalue weighted by atomic mass is 9.75. The molecule has 1 aliphatic carbocycles. The molecule has 0 spiro atoms. The van der Waals surface area contributed by atoms with Gasteiger partial charge in [-0.05, 0) is 43.2 Å². The summed E-state index contributed by atoms with van der Waals surface area (Å²) in [5.74, 6) is -0.0629. The predicted octanol–water partition coefficient (Wildman–Crippen LogP) is 3.62. The third-order valence-electron chi connectivity index (χ3n) is 7.77. The largest absolute Gasteiger partial charge is 0.356 e. The topological polar surface area (TPSA) is 85.0 Å². The zero-order valence-electron chi connectivity index (χ0n) is 21.9. The summed E-state index contributed by atoms with van der Waals surface area (Å²) >= 11 is 0. The molecule has 5 rings (SSSR count). The molecule has 8 nitrogen and oxygen atoms in total. The summed E-state index contributed by atoms with van der Waals surface area (Å²) in [6.07, 6.45) is 1.18. The smallest absolute Gasteiger partial charge is 0.337 e. The van der Waals surface area contributed by atoms with Crippen molar-refractivity contribution in [3.8, 4) is 0 Å². The molecule has 3 fully saturated rings. The van der Waals surface area contributed by atoms with Crippen LogP contribution in [0.15, 0.2) is 54.6 Å². The maximum atomic E-state index is 13.8. The van der Waals surface area contributed by atoms with Gasteiger partial charge in [-0.25, -0.2) is 4.79 Å². The van der Waals surface area contributed by atoms with Crippen molar-refractivity contribution >= 4 is 17.8 Å². The van der Waals surface area contributed by atoms with E-state index in [2.05, 4.69) is 24.6 Å². The van der Waals surface area contributed by atoms with E-state index in [9.17, 15) is 14.4 Å². The predicted molar refractivity (Wildman–Crippen MR) is 140 cm³/mol. The second-order valence-electron chi connectivity index (χ2n) is 11.0. The molecule has 8 heteroatoms. The highest BCUT2D eigenvalue weighted by atomic mass is 16.2. The van der Waals surface area contributed by atoms with Crippen molar-refractivity contribution in [3.63, 3.8) is 0 Å². The Bertz CT molecular complexity index is 1140. The van der Waals surface area contributed by atoms with Crippen LogP contribution < -0.4 is 10.7 Å². The summed E-state index contributed by atoms with van der Waals surface area (Å²) in [6.45, 7) is 7.62. The zero-order valence-corrected chi connectivity index (χ0v) is 21.9. The number of aryl methyl sites for hydroxylation is 1. The van der Waals surface area contributed by atoms with Crippen LogP contribution in [0.1, 0.15) is 49.8 Å². The van der Waals surface area contributed by atoms with Crippen LogP contribution in [0.25, 0.3) is 0 Å². The van der Waals surface area contributed by atoms with Crippen molar-refractivity contribution in [1.82, 2.24) is 25.6 Å². The summed E-state index contributed by atoms with van der Waals surface area (Å²) < 4.78 is 0. The molecule has 2 heterocycles. The van der Waals surface area contributed by atoms with Gasteiger partial charge >= 0.3 is 6.03 Å². The number of fused-ring (bicyclic) bond motifs is 3. The summed E-state index contributed by atoms with van der Waals surface area (Å²) in [7, 11) is 0. The minimum absolute atomic E-state index is 0.0268. The van der Waals surface area contributed by atoms with E-state index in [0.29, 0.717) is 44.8 Å². The highest BCUT2D eigenvalue weighted by Crippen LogP contribution is 2.41. The monoisotopic (exact) mass is 503 g/mol. The van der Waals surface area contributed by atoms with E-state index in [0.717, 1.165) is 16.7 Å². The number of hydrogen-bond acceptors (Lipinski definition) is 4. The molecular formula is C29H37N5O3. The molecule has 2 aliphatic heterocycles. The van der Waals surface area contributed by atoms with E-state index in [-0.39, 0.29) is 35.7 Å². The van der Waals surface area contributed by atoms with Gasteiger partial charge in [-0.3, -0.25) is 19.5 Å². The van der Waals surface area contributed by atoms with Crippen LogP contribution in [0, 0.1) is 24.7 Å². The van der Waals surface area contributed by atoms with E-state index in [4.69, 9.17) is 0 Å². The molecule has 37 heavy (non-hydrogen) atoms. The van der Waals surface area contributed by atoms with Crippen molar-refractivity contribution in [2.45, 2.75) is 65.5 Å². The van der Waals surface area contributed by atoms with E-state index in [1.54, 1.807) is 9.91 Å². The number of hydrazine groups is 1. The van der Waals surface area contributed by atoms with Crippen LogP contribution in [-0.4, -0.2) is 51.5 Å². The van der Waals surface area contributed by atoms with Crippen molar-refractivity contribution in [1.29, 1.82) is 0 Å². The Labute approximate surface area is 219 Å². The Kier molecular flexibility index (Phi) is 7.20. The van der Waals surface area contributed by atoms with Gasteiger partial charge in [-0.15, -0.1) is 0 Å². The second kappa shape index (κ2) is 10.5. The van der Waals surface area contributed by atoms with Gasteiger partial charge in [-0.2, -0.15) is 5.43 Å². The molecule has 1 saturated carbocycles. The van der Waals surface area contributed by atoms with E-state index >= 15 is 0 Å². The summed E-state index contributed by atoms with van der Waals surface area (Å²) in [6, 6.07) is 17.5. The first-order valence-electron chi connectivity index (χ1n) is 13.4. The molecule has 0 bridgehead atoms. The lowest BCUT2D eigenvalue weighted by Gasteiger charge is -2.49. The highest BCUT2D eigenvalue weighted by Gasteiger charge is 2.56. The normalized spacial score (nSPS) is 25.4. The molecule has 3 aliphatic rings. The molecule has 4 atom stereocenters. The number of nitrogens with zero attached hydrogens (tertiary/aromatic N) is 3. The minimum atomic E-state index is -0.579. The van der Waals surface area contributed by atoms with Crippen LogP contribution >= 0.6 is 0 Å². The van der Waals surface area contributed by atoms with Crippen molar-refractivity contribution in [2.24, 2.45) is 17.8 Å². The van der Waals surface area contributed by atoms with Gasteiger partial charge in [0, 0.05) is 25.0 Å². The fraction of sp³-hybridized carbons (Fsp3) is 0.483. The molecule has 196 valence electrons. The van der Waals surface area contributed by atoms with Crippen LogP contribution in [0.2, 0.25) is 0 Å². The van der Waals surface area contributed by atoms with Gasteiger partial charge in [0.2, 0.25) is 11.8 Å². The highest BCUT2D eigenvalue weighted by molar-refractivity contribution is 5.87. The first kappa shape index (κ1) is 25.3. The van der Waals surface area contributed by atoms with Crippen LogP contribution in [0.5, 0.6) is 0 Å². The summed E-state index contributed by atoms with van der Waals surface area (Å²) in [5, 5.41) is 4.67. The molecule has 2 aromatic carbocycles. The van der Waals surface area contributed by atoms with E-state index in [1.165, 1.54) is 0 Å². The summed E-state index contributed by atoms with van der Waals surface area (Å²) in [4.78, 5) is 44.2. The van der Waals surface area contributed by atoms with Gasteiger partial charge < -0.3 is 10.2 Å². The quantitative estimate of drug-likeness (QED) is 0.605. The van der Waals surface area contributed by atoms with Crippen LogP contribution in [-0.2, 0) is 22.7 Å². The van der Waals surface area contributed by atoms with Gasteiger partial charge in [0.1, 0.15) is 0 Å². The Morgan fingerprint density at radius 1 is 1.00 bits per heavy atom. The van der Waals surface area contributed by atoms with Crippen molar-refractivity contribution in [3.05, 3.63) is 71.3 Å². The molecule has 4 amide bonds. The van der Waals surface area contributed by atoms with Crippen molar-refractivity contribution < 1.29 is 14.4 Å². The molecule has 0 radical (unpaired) electrons. The van der Waals surface area contributed by atoms with Gasteiger partial charge in [-0.1, -0.05) is 74.0 Å². The Morgan fingerprint density at radius 2 is 1.70 bits per heavy atom. The van der Waals surface area contributed by atoms with Crippen LogP contribution in [0.4, 0.5) is 4.79 Å². The van der Waals surface area contributed by atoms with Crippen molar-refractivity contribution in [2.75, 3.05) is 6.54 Å². The standard InChI is InChI=1S/C29H37N5O3/c1-19(2)16-30-26(35)23-13-14-24-25(15-23)34-28(32(27(24)36)17-21-7-5-4-6-8-21)31-33(29(34)37)18-22-11-9-20(3)10-12-22/h4-12,19,23-25,28,31H,13-18H2,1-3H3,(H,30,35). The molecular weight excluding hydrogens is 466 g/mol. The zero-order chi connectivity index (χ0) is 26.1. The molecule has 2 N–H and O–H groups in total. The third kappa shape index (κ3) is 5.21. The fourth-order valence-electron chi connectivity index (χ4n) is 5.74. The third-order valence-corrected chi connectivity index (χ3v) is 7.77. The second-order valence-corrected chi connectivity index (χ2v) is 11.0. The van der Waals surface area contributed by atoms with E-state index in [1.807, 2.05) is 66.4 Å². The SMILES string of the molecule is Cc1ccc(CN2NC3N(Cc4ccccc4)C(=O)C4CCC(C(=O)NCC(C)C)CC4N3C2=O)cc1. The first-order chi connectivity index (χ1) is 17.8. The van der Waals surface area contributed by atoms with E-state index < -0.39 is 6.29 Å². The maximum absolute atomic E-state index is 13.8. The Balaban J connectivity index is 1.41. The number of carbonyl (C=O) groups excluding carboxylic acids is 3. The molecule has 0 aromatic heterocycles. The maximum Gasteiger partial charge on any atom is 0.337 e. The molecule has 2 aromatic rings. The number of benzene rings is 2. The number of nitrogens with one attached hydrogen (secondary N) is 2.